The third-order valence-electron chi connectivity index (χ3n) is 0.937. The molecule has 0 fully saturated rings. The molecule has 0 atom stereocenters. The fraction of sp³-hybridized carbons (Fsp3) is 0. The molecule has 0 aliphatic heterocycles. The molecule has 0 aliphatic carbocycles. The summed E-state index contributed by atoms with van der Waals surface area (Å²) in [5, 5.41) is 0. The summed E-state index contributed by atoms with van der Waals surface area (Å²) in [6, 6.07) is 7.47. The summed E-state index contributed by atoms with van der Waals surface area (Å²) < 4.78 is 0. The number of hydrogen-bond donors (Lipinski definition) is 2. The minimum atomic E-state index is -1.92. The number of rotatable bonds is 0. The van der Waals surface area contributed by atoms with Gasteiger partial charge in [0.15, 0.2) is 0 Å². The van der Waals surface area contributed by atoms with Crippen molar-refractivity contribution in [2.45, 2.75) is 4.90 Å². The van der Waals surface area contributed by atoms with Gasteiger partial charge in [0.2, 0.25) is 0 Å². The van der Waals surface area contributed by atoms with E-state index in [1.165, 1.54) is 0 Å². The molecule has 1 aromatic rings. The first kappa shape index (κ1) is 13.0. The zero-order chi connectivity index (χ0) is 9.56. The Morgan fingerprint density at radius 2 is 1.58 bits per heavy atom. The van der Waals surface area contributed by atoms with Crippen LogP contribution in [0.5, 0.6) is 0 Å². The van der Waals surface area contributed by atoms with Crippen molar-refractivity contribution >= 4 is 46.2 Å². The van der Waals surface area contributed by atoms with Crippen molar-refractivity contribution in [1.29, 1.82) is 0 Å². The second-order valence-electron chi connectivity index (χ2n) is 1.77. The summed E-state index contributed by atoms with van der Waals surface area (Å²) >= 11 is 2.16. The van der Waals surface area contributed by atoms with E-state index in [-0.39, 0.29) is 0 Å². The zero-order valence-corrected chi connectivity index (χ0v) is 10.7. The van der Waals surface area contributed by atoms with Crippen LogP contribution < -0.4 is 5.73 Å². The summed E-state index contributed by atoms with van der Waals surface area (Å²) in [6.07, 6.45) is 0. The maximum atomic E-state index is 5.44. The Morgan fingerprint density at radius 3 is 1.83 bits per heavy atom. The van der Waals surface area contributed by atoms with Crippen molar-refractivity contribution in [3.05, 3.63) is 24.3 Å². The average Bonchev–Trinajstić information content (AvgIpc) is 1.94. The maximum absolute atomic E-state index is 5.44. The van der Waals surface area contributed by atoms with Crippen molar-refractivity contribution in [2.24, 2.45) is 0 Å². The van der Waals surface area contributed by atoms with E-state index in [0.717, 1.165) is 10.6 Å². The van der Waals surface area contributed by atoms with Crippen LogP contribution in [0.4, 0.5) is 5.69 Å². The van der Waals surface area contributed by atoms with Gasteiger partial charge in [0.05, 0.1) is 0 Å². The molecule has 1 aromatic carbocycles. The SMILES string of the molecule is Nc1ccccc1S.[Cl][Ti]([Cl])[Cl]. The van der Waals surface area contributed by atoms with Gasteiger partial charge in [-0.15, -0.1) is 12.6 Å². The fourth-order valence-electron chi connectivity index (χ4n) is 0.488. The molecule has 2 N–H and O–H groups in total. The van der Waals surface area contributed by atoms with Crippen molar-refractivity contribution < 1.29 is 14.7 Å². The molecule has 6 heteroatoms. The van der Waals surface area contributed by atoms with Gasteiger partial charge in [0.25, 0.3) is 0 Å². The molecule has 0 aromatic heterocycles. The van der Waals surface area contributed by atoms with Gasteiger partial charge in [0, 0.05) is 10.6 Å². The number of anilines is 1. The molecule has 0 bridgehead atoms. The zero-order valence-electron chi connectivity index (χ0n) is 5.97. The molecule has 0 radical (unpaired) electrons. The van der Waals surface area contributed by atoms with Crippen LogP contribution in [0.1, 0.15) is 0 Å². The quantitative estimate of drug-likeness (QED) is 0.423. The summed E-state index contributed by atoms with van der Waals surface area (Å²) in [4.78, 5) is 0.840. The van der Waals surface area contributed by atoms with Crippen LogP contribution >= 0.6 is 40.5 Å². The van der Waals surface area contributed by atoms with Crippen molar-refractivity contribution in [2.75, 3.05) is 5.73 Å². The molecule has 0 heterocycles. The van der Waals surface area contributed by atoms with Gasteiger partial charge in [-0.25, -0.2) is 0 Å². The molecule has 0 spiro atoms. The molecular formula is C6H7Cl3NSTi. The Morgan fingerprint density at radius 1 is 1.17 bits per heavy atom. The number of halogens is 3. The van der Waals surface area contributed by atoms with Crippen LogP contribution in [0.25, 0.3) is 0 Å². The number of nitrogen functional groups attached to an aromatic ring is 1. The number of nitrogens with two attached hydrogens (primary N) is 1. The fourth-order valence-corrected chi connectivity index (χ4v) is 0.648. The normalized spacial score (nSPS) is 8.33. The number of para-hydroxylation sites is 1. The van der Waals surface area contributed by atoms with Gasteiger partial charge in [-0.05, 0) is 12.1 Å². The van der Waals surface area contributed by atoms with Crippen molar-refractivity contribution in [3.63, 3.8) is 0 Å². The van der Waals surface area contributed by atoms with Crippen LogP contribution in [-0.2, 0) is 14.7 Å². The second kappa shape index (κ2) is 7.37. The van der Waals surface area contributed by atoms with Gasteiger partial charge in [-0.1, -0.05) is 12.1 Å². The van der Waals surface area contributed by atoms with Crippen molar-refractivity contribution in [3.8, 4) is 0 Å². The van der Waals surface area contributed by atoms with E-state index in [1.807, 2.05) is 24.3 Å². The third-order valence-corrected chi connectivity index (χ3v) is 1.34. The molecule has 12 heavy (non-hydrogen) atoms. The standard InChI is InChI=1S/C6H7NS.3ClH.Ti/c7-5-3-1-2-4-6(5)8;;;;/h1-4,8H,7H2;3*1H;/q;;;;+3/p-3. The second-order valence-corrected chi connectivity index (χ2v) is 9.99. The third kappa shape index (κ3) is 7.60. The van der Waals surface area contributed by atoms with Crippen LogP contribution in [0.2, 0.25) is 0 Å². The molecule has 0 saturated carbocycles. The Balaban J connectivity index is 0.000000261. The van der Waals surface area contributed by atoms with E-state index in [2.05, 4.69) is 12.6 Å². The Labute approximate surface area is 95.1 Å². The predicted octanol–water partition coefficient (Wildman–Crippen LogP) is 3.62. The molecule has 0 saturated heterocycles. The van der Waals surface area contributed by atoms with E-state index >= 15 is 0 Å². The number of benzene rings is 1. The van der Waals surface area contributed by atoms with E-state index in [9.17, 15) is 0 Å². The van der Waals surface area contributed by atoms with Gasteiger partial charge >= 0.3 is 42.6 Å². The monoisotopic (exact) mass is 278 g/mol. The van der Waals surface area contributed by atoms with E-state index < -0.39 is 14.7 Å². The molecule has 67 valence electrons. The molecule has 0 amide bonds. The molecule has 0 aliphatic rings. The van der Waals surface area contributed by atoms with Gasteiger partial charge in [-0.2, -0.15) is 0 Å². The molecule has 1 rings (SSSR count). The van der Waals surface area contributed by atoms with Crippen molar-refractivity contribution in [1.82, 2.24) is 0 Å². The molecule has 1 nitrogen and oxygen atoms in total. The van der Waals surface area contributed by atoms with Crippen LogP contribution in [-0.4, -0.2) is 0 Å². The van der Waals surface area contributed by atoms with E-state index in [4.69, 9.17) is 33.6 Å². The molecule has 0 unspecified atom stereocenters. The predicted molar refractivity (Wildman–Crippen MR) is 55.7 cm³/mol. The van der Waals surface area contributed by atoms with E-state index in [1.54, 1.807) is 0 Å². The Bertz CT molecular complexity index is 210. The first-order chi connectivity index (χ1) is 5.54. The number of hydrogen-bond acceptors (Lipinski definition) is 2. The summed E-state index contributed by atoms with van der Waals surface area (Å²) in [5.74, 6) is 0. The summed E-state index contributed by atoms with van der Waals surface area (Å²) in [7, 11) is 14.9. The van der Waals surface area contributed by atoms with Gasteiger partial charge in [0.1, 0.15) is 0 Å². The Kier molecular flexibility index (Phi) is 7.95. The number of thiol groups is 1. The topological polar surface area (TPSA) is 26.0 Å². The summed E-state index contributed by atoms with van der Waals surface area (Å²) in [6.45, 7) is 0. The van der Waals surface area contributed by atoms with Gasteiger partial charge < -0.3 is 5.73 Å². The molecular weight excluding hydrogens is 272 g/mol. The average molecular weight is 279 g/mol. The Hall–Kier alpha value is 0.954. The van der Waals surface area contributed by atoms with Crippen LogP contribution in [0.15, 0.2) is 29.2 Å². The first-order valence-electron chi connectivity index (χ1n) is 2.91. The van der Waals surface area contributed by atoms with E-state index in [0.29, 0.717) is 0 Å². The summed E-state index contributed by atoms with van der Waals surface area (Å²) in [5.41, 5.74) is 6.18. The first-order valence-corrected chi connectivity index (χ1v) is 9.80. The van der Waals surface area contributed by atoms with Crippen LogP contribution in [0, 0.1) is 0 Å². The van der Waals surface area contributed by atoms with Crippen LogP contribution in [0.3, 0.4) is 0 Å². The minimum absolute atomic E-state index is 0.732. The van der Waals surface area contributed by atoms with Gasteiger partial charge in [-0.3, -0.25) is 0 Å².